The van der Waals surface area contributed by atoms with E-state index in [1.807, 2.05) is 41.5 Å². The van der Waals surface area contributed by atoms with E-state index in [0.29, 0.717) is 0 Å². The Morgan fingerprint density at radius 3 is 2.35 bits per heavy atom. The van der Waals surface area contributed by atoms with E-state index < -0.39 is 0 Å². The molecule has 0 aliphatic carbocycles. The molecule has 2 aliphatic rings. The Bertz CT molecular complexity index is 830. The van der Waals surface area contributed by atoms with E-state index in [-0.39, 0.29) is 0 Å². The fraction of sp³-hybridized carbons (Fsp3) is 0.444. The maximum absolute atomic E-state index is 4.50. The smallest absolute Gasteiger partial charge is 0.158 e. The zero-order valence-electron chi connectivity index (χ0n) is 14.6. The summed E-state index contributed by atoms with van der Waals surface area (Å²) in [6, 6.07) is 5.92. The molecule has 0 bridgehead atoms. The predicted molar refractivity (Wildman–Crippen MR) is 97.0 cm³/mol. The van der Waals surface area contributed by atoms with E-state index in [9.17, 15) is 0 Å². The first kappa shape index (κ1) is 15.5. The molecule has 8 nitrogen and oxygen atoms in total. The molecule has 134 valence electrons. The molecule has 2 fully saturated rings. The Labute approximate surface area is 152 Å². The van der Waals surface area contributed by atoms with Gasteiger partial charge in [-0.1, -0.05) is 0 Å². The fourth-order valence-corrected chi connectivity index (χ4v) is 4.18. The van der Waals surface area contributed by atoms with Crippen LogP contribution in [0, 0.1) is 11.8 Å². The van der Waals surface area contributed by atoms with E-state index in [2.05, 4.69) is 30.0 Å². The van der Waals surface area contributed by atoms with Gasteiger partial charge in [-0.3, -0.25) is 4.68 Å². The quantitative estimate of drug-likeness (QED) is 0.682. The van der Waals surface area contributed by atoms with Crippen molar-refractivity contribution in [1.82, 2.24) is 34.4 Å². The summed E-state index contributed by atoms with van der Waals surface area (Å²) in [4.78, 5) is 13.8. The number of hydrogen-bond acceptors (Lipinski definition) is 6. The van der Waals surface area contributed by atoms with Crippen molar-refractivity contribution in [3.8, 4) is 5.82 Å². The number of nitrogens with zero attached hydrogens (tertiary/aromatic N) is 8. The van der Waals surface area contributed by atoms with Crippen LogP contribution in [0.3, 0.4) is 0 Å². The van der Waals surface area contributed by atoms with Gasteiger partial charge < -0.3 is 9.80 Å². The van der Waals surface area contributed by atoms with Gasteiger partial charge in [-0.25, -0.2) is 14.6 Å². The Kier molecular flexibility index (Phi) is 3.89. The zero-order chi connectivity index (χ0) is 17.3. The highest BCUT2D eigenvalue weighted by molar-refractivity contribution is 5.44. The van der Waals surface area contributed by atoms with Gasteiger partial charge in [0.25, 0.3) is 0 Å². The van der Waals surface area contributed by atoms with E-state index in [1.165, 1.54) is 13.1 Å². The van der Waals surface area contributed by atoms with Gasteiger partial charge in [0, 0.05) is 63.6 Å². The summed E-state index contributed by atoms with van der Waals surface area (Å²) in [5, 5.41) is 8.55. The lowest BCUT2D eigenvalue weighted by Gasteiger charge is -2.22. The number of hydrogen-bond donors (Lipinski definition) is 0. The summed E-state index contributed by atoms with van der Waals surface area (Å²) in [6.07, 6.45) is 9.18. The second kappa shape index (κ2) is 6.53. The minimum atomic E-state index is 0.718. The fourth-order valence-electron chi connectivity index (χ4n) is 4.18. The second-order valence-electron chi connectivity index (χ2n) is 7.14. The van der Waals surface area contributed by atoms with Gasteiger partial charge in [-0.15, -0.1) is 0 Å². The molecular weight excluding hydrogens is 328 g/mol. The van der Waals surface area contributed by atoms with Crippen LogP contribution in [0.4, 0.5) is 5.82 Å². The van der Waals surface area contributed by atoms with Gasteiger partial charge in [0.15, 0.2) is 5.82 Å². The third-order valence-corrected chi connectivity index (χ3v) is 5.47. The standard InChI is InChI=1S/C18H22N8/c1-3-21-25(5-1)8-7-23-10-15-12-24(13-16(15)11-23)17-9-18(20-14-19-17)26-6-2-4-22-26/h1-6,9,14-16H,7-8,10-13H2. The molecule has 0 amide bonds. The zero-order valence-corrected chi connectivity index (χ0v) is 14.6. The molecule has 0 radical (unpaired) electrons. The van der Waals surface area contributed by atoms with Crippen LogP contribution in [0.15, 0.2) is 49.3 Å². The van der Waals surface area contributed by atoms with Crippen molar-refractivity contribution in [2.24, 2.45) is 11.8 Å². The summed E-state index contributed by atoms with van der Waals surface area (Å²) < 4.78 is 3.79. The molecule has 8 heteroatoms. The average molecular weight is 350 g/mol. The molecule has 26 heavy (non-hydrogen) atoms. The van der Waals surface area contributed by atoms with Crippen LogP contribution < -0.4 is 4.90 Å². The molecule has 2 unspecified atom stereocenters. The summed E-state index contributed by atoms with van der Waals surface area (Å²) >= 11 is 0. The van der Waals surface area contributed by atoms with E-state index in [1.54, 1.807) is 17.2 Å². The summed E-state index contributed by atoms with van der Waals surface area (Å²) in [5.74, 6) is 3.26. The van der Waals surface area contributed by atoms with Crippen LogP contribution >= 0.6 is 0 Å². The van der Waals surface area contributed by atoms with Crippen LogP contribution in [0.5, 0.6) is 0 Å². The number of aromatic nitrogens is 6. The van der Waals surface area contributed by atoms with Gasteiger partial charge in [0.05, 0.1) is 6.54 Å². The summed E-state index contributed by atoms with van der Waals surface area (Å²) in [6.45, 7) is 6.51. The van der Waals surface area contributed by atoms with Crippen molar-refractivity contribution < 1.29 is 0 Å². The largest absolute Gasteiger partial charge is 0.356 e. The van der Waals surface area contributed by atoms with Gasteiger partial charge in [-0.2, -0.15) is 10.2 Å². The van der Waals surface area contributed by atoms with Crippen molar-refractivity contribution >= 4 is 5.82 Å². The van der Waals surface area contributed by atoms with Crippen molar-refractivity contribution in [3.05, 3.63) is 49.3 Å². The Morgan fingerprint density at radius 1 is 0.846 bits per heavy atom. The first-order valence-corrected chi connectivity index (χ1v) is 9.12. The molecule has 0 aromatic carbocycles. The van der Waals surface area contributed by atoms with E-state index in [0.717, 1.165) is 49.7 Å². The third kappa shape index (κ3) is 2.96. The molecule has 3 aromatic heterocycles. The lowest BCUT2D eigenvalue weighted by molar-refractivity contribution is 0.296. The van der Waals surface area contributed by atoms with Gasteiger partial charge in [0.1, 0.15) is 12.1 Å². The van der Waals surface area contributed by atoms with Gasteiger partial charge >= 0.3 is 0 Å². The Hall–Kier alpha value is -2.74. The first-order valence-electron chi connectivity index (χ1n) is 9.12. The topological polar surface area (TPSA) is 67.9 Å². The molecule has 2 saturated heterocycles. The maximum Gasteiger partial charge on any atom is 0.158 e. The molecule has 5 heterocycles. The average Bonchev–Trinajstić information content (AvgIpc) is 3.44. The minimum Gasteiger partial charge on any atom is -0.356 e. The molecule has 2 aliphatic heterocycles. The van der Waals surface area contributed by atoms with E-state index in [4.69, 9.17) is 0 Å². The SMILES string of the molecule is c1cnn(CCN2CC3CN(c4cc(-n5cccn5)ncn4)CC3C2)c1. The van der Waals surface area contributed by atoms with Crippen molar-refractivity contribution in [3.63, 3.8) is 0 Å². The number of anilines is 1. The molecule has 5 rings (SSSR count). The highest BCUT2D eigenvalue weighted by Gasteiger charge is 2.40. The molecule has 0 saturated carbocycles. The predicted octanol–water partition coefficient (Wildman–Crippen LogP) is 0.927. The van der Waals surface area contributed by atoms with Gasteiger partial charge in [0.2, 0.25) is 0 Å². The summed E-state index contributed by atoms with van der Waals surface area (Å²) in [5.41, 5.74) is 0. The highest BCUT2D eigenvalue weighted by Crippen LogP contribution is 2.33. The van der Waals surface area contributed by atoms with Crippen molar-refractivity contribution in [2.45, 2.75) is 6.54 Å². The normalized spacial score (nSPS) is 22.8. The number of rotatable bonds is 5. The third-order valence-electron chi connectivity index (χ3n) is 5.47. The minimum absolute atomic E-state index is 0.718. The van der Waals surface area contributed by atoms with Crippen LogP contribution in [0.1, 0.15) is 0 Å². The second-order valence-corrected chi connectivity index (χ2v) is 7.14. The van der Waals surface area contributed by atoms with Crippen LogP contribution in [-0.2, 0) is 6.54 Å². The summed E-state index contributed by atoms with van der Waals surface area (Å²) in [7, 11) is 0. The van der Waals surface area contributed by atoms with Crippen molar-refractivity contribution in [1.29, 1.82) is 0 Å². The molecule has 0 spiro atoms. The lowest BCUT2D eigenvalue weighted by atomic mass is 10.0. The Morgan fingerprint density at radius 2 is 1.62 bits per heavy atom. The Balaban J connectivity index is 1.21. The monoisotopic (exact) mass is 350 g/mol. The molecule has 2 atom stereocenters. The van der Waals surface area contributed by atoms with Gasteiger partial charge in [-0.05, 0) is 24.0 Å². The lowest BCUT2D eigenvalue weighted by Crippen LogP contribution is -2.31. The first-order chi connectivity index (χ1) is 12.8. The van der Waals surface area contributed by atoms with Crippen LogP contribution in [-0.4, -0.2) is 67.2 Å². The molecular formula is C18H22N8. The van der Waals surface area contributed by atoms with E-state index >= 15 is 0 Å². The number of likely N-dealkylation sites (tertiary alicyclic amines) is 1. The van der Waals surface area contributed by atoms with Crippen LogP contribution in [0.2, 0.25) is 0 Å². The molecule has 3 aromatic rings. The molecule has 0 N–H and O–H groups in total. The highest BCUT2D eigenvalue weighted by atomic mass is 15.3. The van der Waals surface area contributed by atoms with Crippen molar-refractivity contribution in [2.75, 3.05) is 37.6 Å². The number of fused-ring (bicyclic) bond motifs is 1. The van der Waals surface area contributed by atoms with Crippen LogP contribution in [0.25, 0.3) is 5.82 Å². The maximum atomic E-state index is 4.50.